The second-order valence-electron chi connectivity index (χ2n) is 3.84. The van der Waals surface area contributed by atoms with Crippen LogP contribution >= 0.6 is 0 Å². The molecule has 1 aromatic rings. The molecule has 0 saturated heterocycles. The Hall–Kier alpha value is -2.16. The third-order valence-electron chi connectivity index (χ3n) is 2.65. The molecule has 0 aliphatic carbocycles. The van der Waals surface area contributed by atoms with Crippen molar-refractivity contribution in [2.75, 3.05) is 18.0 Å². The van der Waals surface area contributed by atoms with Crippen LogP contribution in [0.25, 0.3) is 0 Å². The molecule has 18 heavy (non-hydrogen) atoms. The summed E-state index contributed by atoms with van der Waals surface area (Å²) in [4.78, 5) is 16.2. The number of hydrogen-bond donors (Lipinski definition) is 0. The van der Waals surface area contributed by atoms with Crippen LogP contribution < -0.4 is 4.90 Å². The van der Waals surface area contributed by atoms with Gasteiger partial charge in [0.2, 0.25) is 5.69 Å². The molecular formula is C12H16N4O2. The average Bonchev–Trinajstić information content (AvgIpc) is 2.39. The minimum atomic E-state index is -0.586. The number of hydrogen-bond acceptors (Lipinski definition) is 5. The van der Waals surface area contributed by atoms with Crippen LogP contribution in [0.3, 0.4) is 0 Å². The molecule has 0 N–H and O–H groups in total. The summed E-state index contributed by atoms with van der Waals surface area (Å²) in [5.41, 5.74) is -0.375. The molecule has 0 saturated carbocycles. The number of anilines is 1. The number of nitriles is 1. The predicted octanol–water partition coefficient (Wildman–Crippen LogP) is 2.49. The number of nitrogens with zero attached hydrogens (tertiary/aromatic N) is 4. The Bertz CT molecular complexity index is 468. The van der Waals surface area contributed by atoms with Crippen LogP contribution in [0.4, 0.5) is 11.5 Å². The lowest BCUT2D eigenvalue weighted by atomic mass is 10.2. The van der Waals surface area contributed by atoms with Crippen LogP contribution in [0.15, 0.2) is 12.1 Å². The van der Waals surface area contributed by atoms with E-state index in [0.29, 0.717) is 5.82 Å². The van der Waals surface area contributed by atoms with Gasteiger partial charge in [-0.1, -0.05) is 13.3 Å². The molecule has 0 aromatic carbocycles. The zero-order chi connectivity index (χ0) is 13.5. The van der Waals surface area contributed by atoms with Gasteiger partial charge in [-0.2, -0.15) is 5.26 Å². The number of aromatic nitrogens is 1. The van der Waals surface area contributed by atoms with Crippen LogP contribution in [0.2, 0.25) is 0 Å². The van der Waals surface area contributed by atoms with Crippen molar-refractivity contribution in [1.82, 2.24) is 4.98 Å². The van der Waals surface area contributed by atoms with Gasteiger partial charge in [0.05, 0.1) is 4.92 Å². The zero-order valence-electron chi connectivity index (χ0n) is 10.6. The van der Waals surface area contributed by atoms with Gasteiger partial charge in [-0.05, 0) is 19.4 Å². The largest absolute Gasteiger partial charge is 0.357 e. The first-order chi connectivity index (χ1) is 8.63. The minimum Gasteiger partial charge on any atom is -0.357 e. The highest BCUT2D eigenvalue weighted by molar-refractivity contribution is 5.51. The van der Waals surface area contributed by atoms with Crippen LogP contribution in [-0.4, -0.2) is 23.0 Å². The van der Waals surface area contributed by atoms with Crippen LogP contribution in [0.1, 0.15) is 32.4 Å². The maximum atomic E-state index is 10.7. The molecule has 0 unspecified atom stereocenters. The highest BCUT2D eigenvalue weighted by Crippen LogP contribution is 2.20. The van der Waals surface area contributed by atoms with Crippen molar-refractivity contribution in [2.45, 2.75) is 26.7 Å². The Labute approximate surface area is 106 Å². The number of unbranched alkanes of at least 4 members (excludes halogenated alkanes) is 1. The van der Waals surface area contributed by atoms with Crippen molar-refractivity contribution in [2.24, 2.45) is 0 Å². The first kappa shape index (κ1) is 13.9. The van der Waals surface area contributed by atoms with Gasteiger partial charge in [-0.15, -0.1) is 0 Å². The van der Waals surface area contributed by atoms with Crippen molar-refractivity contribution in [1.29, 1.82) is 5.26 Å². The van der Waals surface area contributed by atoms with Gasteiger partial charge in [0.25, 0.3) is 0 Å². The molecule has 6 nitrogen and oxygen atoms in total. The van der Waals surface area contributed by atoms with E-state index in [1.807, 2.05) is 11.8 Å². The standard InChI is InChI=1S/C12H16N4O2/c1-3-5-8-15(4-2)12-7-6-11(16(17)18)10(9-13)14-12/h6-7H,3-5,8H2,1-2H3. The van der Waals surface area contributed by atoms with E-state index in [0.717, 1.165) is 25.9 Å². The fraction of sp³-hybridized carbons (Fsp3) is 0.500. The molecule has 0 bridgehead atoms. The molecule has 0 radical (unpaired) electrons. The molecule has 0 spiro atoms. The van der Waals surface area contributed by atoms with Gasteiger partial charge in [0.1, 0.15) is 11.9 Å². The van der Waals surface area contributed by atoms with Gasteiger partial charge in [-0.3, -0.25) is 10.1 Å². The predicted molar refractivity (Wildman–Crippen MR) is 68.4 cm³/mol. The first-order valence-electron chi connectivity index (χ1n) is 5.94. The summed E-state index contributed by atoms with van der Waals surface area (Å²) in [6.45, 7) is 5.68. The Kier molecular flexibility index (Phi) is 5.06. The lowest BCUT2D eigenvalue weighted by molar-refractivity contribution is -0.385. The third kappa shape index (κ3) is 3.17. The van der Waals surface area contributed by atoms with Gasteiger partial charge in [-0.25, -0.2) is 4.98 Å². The summed E-state index contributed by atoms with van der Waals surface area (Å²) in [5, 5.41) is 19.6. The van der Waals surface area contributed by atoms with Gasteiger partial charge in [0.15, 0.2) is 0 Å². The van der Waals surface area contributed by atoms with Crippen LogP contribution in [-0.2, 0) is 0 Å². The summed E-state index contributed by atoms with van der Waals surface area (Å²) in [6, 6.07) is 4.71. The summed E-state index contributed by atoms with van der Waals surface area (Å²) in [6.07, 6.45) is 2.09. The van der Waals surface area contributed by atoms with E-state index in [1.165, 1.54) is 6.07 Å². The Morgan fingerprint density at radius 3 is 2.72 bits per heavy atom. The summed E-state index contributed by atoms with van der Waals surface area (Å²) in [5.74, 6) is 0.619. The highest BCUT2D eigenvalue weighted by Gasteiger charge is 2.17. The molecule has 1 rings (SSSR count). The molecule has 1 aromatic heterocycles. The monoisotopic (exact) mass is 248 g/mol. The van der Waals surface area contributed by atoms with Crippen LogP contribution in [0, 0.1) is 21.4 Å². The zero-order valence-corrected chi connectivity index (χ0v) is 10.6. The Morgan fingerprint density at radius 2 is 2.22 bits per heavy atom. The van der Waals surface area contributed by atoms with E-state index in [9.17, 15) is 10.1 Å². The molecule has 0 aliphatic rings. The second kappa shape index (κ2) is 6.55. The summed E-state index contributed by atoms with van der Waals surface area (Å²) in [7, 11) is 0. The van der Waals surface area contributed by atoms with Crippen molar-refractivity contribution < 1.29 is 4.92 Å². The van der Waals surface area contributed by atoms with E-state index in [-0.39, 0.29) is 11.4 Å². The minimum absolute atomic E-state index is 0.132. The molecule has 0 amide bonds. The van der Waals surface area contributed by atoms with E-state index < -0.39 is 4.92 Å². The summed E-state index contributed by atoms with van der Waals surface area (Å²) >= 11 is 0. The van der Waals surface area contributed by atoms with E-state index >= 15 is 0 Å². The lowest BCUT2D eigenvalue weighted by Gasteiger charge is -2.21. The maximum Gasteiger partial charge on any atom is 0.305 e. The van der Waals surface area contributed by atoms with Crippen molar-refractivity contribution in [3.05, 3.63) is 27.9 Å². The fourth-order valence-corrected chi connectivity index (χ4v) is 1.63. The fourth-order valence-electron chi connectivity index (χ4n) is 1.63. The number of pyridine rings is 1. The smallest absolute Gasteiger partial charge is 0.305 e. The third-order valence-corrected chi connectivity index (χ3v) is 2.65. The number of nitro groups is 1. The van der Waals surface area contributed by atoms with Gasteiger partial charge in [0, 0.05) is 19.2 Å². The molecular weight excluding hydrogens is 232 g/mol. The maximum absolute atomic E-state index is 10.7. The van der Waals surface area contributed by atoms with E-state index in [2.05, 4.69) is 11.9 Å². The molecule has 0 aliphatic heterocycles. The summed E-state index contributed by atoms with van der Waals surface area (Å²) < 4.78 is 0. The average molecular weight is 248 g/mol. The quantitative estimate of drug-likeness (QED) is 0.570. The molecule has 96 valence electrons. The van der Waals surface area contributed by atoms with Crippen LogP contribution in [0.5, 0.6) is 0 Å². The normalized spacial score (nSPS) is 9.83. The molecule has 0 fully saturated rings. The Balaban J connectivity index is 3.04. The van der Waals surface area contributed by atoms with Crippen molar-refractivity contribution >= 4 is 11.5 Å². The lowest BCUT2D eigenvalue weighted by Crippen LogP contribution is -2.25. The second-order valence-corrected chi connectivity index (χ2v) is 3.84. The van der Waals surface area contributed by atoms with Gasteiger partial charge >= 0.3 is 5.69 Å². The van der Waals surface area contributed by atoms with E-state index in [4.69, 9.17) is 5.26 Å². The van der Waals surface area contributed by atoms with Crippen molar-refractivity contribution in [3.63, 3.8) is 0 Å². The topological polar surface area (TPSA) is 83.1 Å². The molecule has 0 atom stereocenters. The molecule has 1 heterocycles. The SMILES string of the molecule is CCCCN(CC)c1ccc([N+](=O)[O-])c(C#N)n1. The Morgan fingerprint density at radius 1 is 1.50 bits per heavy atom. The van der Waals surface area contributed by atoms with Crippen molar-refractivity contribution in [3.8, 4) is 6.07 Å². The molecule has 6 heteroatoms. The van der Waals surface area contributed by atoms with Gasteiger partial charge < -0.3 is 4.90 Å². The van der Waals surface area contributed by atoms with E-state index in [1.54, 1.807) is 12.1 Å². The number of rotatable bonds is 6. The highest BCUT2D eigenvalue weighted by atomic mass is 16.6. The first-order valence-corrected chi connectivity index (χ1v) is 5.94.